The van der Waals surface area contributed by atoms with E-state index in [0.717, 1.165) is 5.56 Å². The highest BCUT2D eigenvalue weighted by Gasteiger charge is 2.15. The lowest BCUT2D eigenvalue weighted by Crippen LogP contribution is -2.10. The van der Waals surface area contributed by atoms with E-state index in [-0.39, 0.29) is 11.5 Å². The molecule has 0 aliphatic rings. The average Bonchev–Trinajstić information content (AvgIpc) is 2.52. The van der Waals surface area contributed by atoms with E-state index < -0.39 is 5.97 Å². The first-order valence-corrected chi connectivity index (χ1v) is 6.69. The first kappa shape index (κ1) is 14.7. The molecule has 0 radical (unpaired) electrons. The second-order valence-corrected chi connectivity index (χ2v) is 4.55. The van der Waals surface area contributed by atoms with Crippen LogP contribution in [0.15, 0.2) is 72.5 Å². The topological polar surface area (TPSA) is 43.4 Å². The summed E-state index contributed by atoms with van der Waals surface area (Å²) in [5.41, 5.74) is 1.54. The van der Waals surface area contributed by atoms with Crippen LogP contribution < -0.4 is 0 Å². The normalized spacial score (nSPS) is 11.0. The molecule has 0 spiro atoms. The highest BCUT2D eigenvalue weighted by molar-refractivity contribution is 6.08. The van der Waals surface area contributed by atoms with Gasteiger partial charge in [0.1, 0.15) is 0 Å². The van der Waals surface area contributed by atoms with Crippen molar-refractivity contribution in [2.24, 2.45) is 0 Å². The molecule has 2 aromatic rings. The van der Waals surface area contributed by atoms with Crippen molar-refractivity contribution in [1.29, 1.82) is 0 Å². The van der Waals surface area contributed by atoms with E-state index in [9.17, 15) is 9.59 Å². The van der Waals surface area contributed by atoms with E-state index >= 15 is 0 Å². The number of esters is 1. The first-order chi connectivity index (χ1) is 10.2. The Morgan fingerprint density at radius 1 is 0.952 bits per heavy atom. The summed E-state index contributed by atoms with van der Waals surface area (Å²) in [4.78, 5) is 23.5. The highest BCUT2D eigenvalue weighted by Crippen LogP contribution is 2.12. The number of ether oxygens (including phenoxy) is 1. The van der Waals surface area contributed by atoms with Crippen molar-refractivity contribution < 1.29 is 14.3 Å². The Morgan fingerprint density at radius 3 is 2.10 bits per heavy atom. The van der Waals surface area contributed by atoms with Gasteiger partial charge >= 0.3 is 5.97 Å². The molecule has 0 saturated heterocycles. The quantitative estimate of drug-likeness (QED) is 0.364. The molecule has 0 N–H and O–H groups in total. The Hall–Kier alpha value is -2.68. The summed E-state index contributed by atoms with van der Waals surface area (Å²) in [7, 11) is 0. The second-order valence-electron chi connectivity index (χ2n) is 4.55. The van der Waals surface area contributed by atoms with Gasteiger partial charge in [0.2, 0.25) is 5.78 Å². The summed E-state index contributed by atoms with van der Waals surface area (Å²) in [5, 5.41) is 0. The zero-order valence-corrected chi connectivity index (χ0v) is 11.8. The lowest BCUT2D eigenvalue weighted by Gasteiger charge is -2.06. The van der Waals surface area contributed by atoms with Crippen molar-refractivity contribution in [3.8, 4) is 0 Å². The van der Waals surface area contributed by atoms with Crippen LogP contribution in [0.4, 0.5) is 0 Å². The number of ketones is 1. The van der Waals surface area contributed by atoms with E-state index in [2.05, 4.69) is 0 Å². The van der Waals surface area contributed by atoms with Crippen LogP contribution in [0.1, 0.15) is 22.8 Å². The van der Waals surface area contributed by atoms with Gasteiger partial charge in [-0.05, 0) is 18.1 Å². The molecule has 3 nitrogen and oxygen atoms in total. The van der Waals surface area contributed by atoms with Crippen LogP contribution >= 0.6 is 0 Å². The Labute approximate surface area is 123 Å². The van der Waals surface area contributed by atoms with Gasteiger partial charge in [-0.2, -0.15) is 0 Å². The standard InChI is InChI=1S/C18H16O3/c1-14(19)21-17(13-12-15-8-4-2-5-9-15)18(20)16-10-6-3-7-11-16/h2-11,13H,12H2,1H3/b17-13+. The molecule has 0 aromatic heterocycles. The van der Waals surface area contributed by atoms with Crippen LogP contribution in [0.25, 0.3) is 0 Å². The van der Waals surface area contributed by atoms with Crippen LogP contribution in [0.3, 0.4) is 0 Å². The molecular formula is C18H16O3. The van der Waals surface area contributed by atoms with Gasteiger partial charge in [0.25, 0.3) is 0 Å². The number of benzene rings is 2. The fraction of sp³-hybridized carbons (Fsp3) is 0.111. The molecule has 0 fully saturated rings. The Bertz CT molecular complexity index is 643. The smallest absolute Gasteiger partial charge is 0.308 e. The second kappa shape index (κ2) is 7.20. The van der Waals surface area contributed by atoms with Crippen molar-refractivity contribution in [3.63, 3.8) is 0 Å². The zero-order valence-electron chi connectivity index (χ0n) is 11.8. The molecule has 2 rings (SSSR count). The van der Waals surface area contributed by atoms with Crippen molar-refractivity contribution in [2.45, 2.75) is 13.3 Å². The molecule has 106 valence electrons. The van der Waals surface area contributed by atoms with Crippen LogP contribution in [0, 0.1) is 0 Å². The maximum Gasteiger partial charge on any atom is 0.308 e. The molecule has 0 heterocycles. The van der Waals surface area contributed by atoms with Crippen molar-refractivity contribution >= 4 is 11.8 Å². The average molecular weight is 280 g/mol. The predicted molar refractivity (Wildman–Crippen MR) is 80.8 cm³/mol. The monoisotopic (exact) mass is 280 g/mol. The Kier molecular flexibility index (Phi) is 5.04. The molecule has 0 atom stereocenters. The summed E-state index contributed by atoms with van der Waals surface area (Å²) in [5.74, 6) is -0.724. The molecule has 0 bridgehead atoms. The summed E-state index contributed by atoms with van der Waals surface area (Å²) < 4.78 is 5.06. The van der Waals surface area contributed by atoms with Gasteiger partial charge < -0.3 is 4.74 Å². The van der Waals surface area contributed by atoms with E-state index in [1.807, 2.05) is 36.4 Å². The number of rotatable bonds is 5. The van der Waals surface area contributed by atoms with Gasteiger partial charge in [-0.1, -0.05) is 60.7 Å². The van der Waals surface area contributed by atoms with Gasteiger partial charge in [-0.15, -0.1) is 0 Å². The third-order valence-corrected chi connectivity index (χ3v) is 2.88. The van der Waals surface area contributed by atoms with Crippen molar-refractivity contribution in [3.05, 3.63) is 83.6 Å². The van der Waals surface area contributed by atoms with E-state index in [4.69, 9.17) is 4.74 Å². The molecule has 3 heteroatoms. The number of carbonyl (C=O) groups excluding carboxylic acids is 2. The fourth-order valence-corrected chi connectivity index (χ4v) is 1.89. The maximum absolute atomic E-state index is 12.4. The van der Waals surface area contributed by atoms with E-state index in [0.29, 0.717) is 12.0 Å². The molecule has 0 unspecified atom stereocenters. The largest absolute Gasteiger partial charge is 0.423 e. The van der Waals surface area contributed by atoms with E-state index in [1.54, 1.807) is 30.3 Å². The molecule has 21 heavy (non-hydrogen) atoms. The van der Waals surface area contributed by atoms with E-state index in [1.165, 1.54) is 6.92 Å². The van der Waals surface area contributed by atoms with Crippen molar-refractivity contribution in [2.75, 3.05) is 0 Å². The summed E-state index contributed by atoms with van der Waals surface area (Å²) >= 11 is 0. The van der Waals surface area contributed by atoms with Gasteiger partial charge in [0.15, 0.2) is 5.76 Å². The number of carbonyl (C=O) groups is 2. The van der Waals surface area contributed by atoms with Gasteiger partial charge in [0.05, 0.1) is 0 Å². The molecule has 0 amide bonds. The summed E-state index contributed by atoms with van der Waals surface area (Å²) in [6.45, 7) is 1.29. The molecule has 0 saturated carbocycles. The first-order valence-electron chi connectivity index (χ1n) is 6.69. The minimum Gasteiger partial charge on any atom is -0.423 e. The van der Waals surface area contributed by atoms with Crippen LogP contribution in [-0.2, 0) is 16.0 Å². The third kappa shape index (κ3) is 4.42. The van der Waals surface area contributed by atoms with Crippen molar-refractivity contribution in [1.82, 2.24) is 0 Å². The predicted octanol–water partition coefficient (Wildman–Crippen LogP) is 3.56. The Morgan fingerprint density at radius 2 is 1.52 bits per heavy atom. The van der Waals surface area contributed by atoms with Crippen LogP contribution in [0.2, 0.25) is 0 Å². The molecular weight excluding hydrogens is 264 g/mol. The third-order valence-electron chi connectivity index (χ3n) is 2.88. The van der Waals surface area contributed by atoms with Gasteiger partial charge in [-0.3, -0.25) is 9.59 Å². The number of allylic oxidation sites excluding steroid dienone is 2. The number of hydrogen-bond donors (Lipinski definition) is 0. The Balaban J connectivity index is 2.22. The van der Waals surface area contributed by atoms with Crippen LogP contribution in [0.5, 0.6) is 0 Å². The minimum atomic E-state index is -0.501. The summed E-state index contributed by atoms with van der Waals surface area (Å²) in [6.07, 6.45) is 2.17. The fourth-order valence-electron chi connectivity index (χ4n) is 1.89. The lowest BCUT2D eigenvalue weighted by molar-refractivity contribution is -0.136. The van der Waals surface area contributed by atoms with Gasteiger partial charge in [0, 0.05) is 12.5 Å². The number of hydrogen-bond acceptors (Lipinski definition) is 3. The SMILES string of the molecule is CC(=O)O/C(=C/Cc1ccccc1)C(=O)c1ccccc1. The van der Waals surface area contributed by atoms with Crippen LogP contribution in [-0.4, -0.2) is 11.8 Å². The highest BCUT2D eigenvalue weighted by atomic mass is 16.5. The lowest BCUT2D eigenvalue weighted by atomic mass is 10.1. The number of Topliss-reactive ketones (excluding diaryl/α,β-unsaturated/α-hetero) is 1. The van der Waals surface area contributed by atoms with Gasteiger partial charge in [-0.25, -0.2) is 0 Å². The molecule has 0 aliphatic carbocycles. The molecule has 2 aromatic carbocycles. The zero-order chi connectivity index (χ0) is 15.1. The molecule has 0 aliphatic heterocycles. The maximum atomic E-state index is 12.4. The minimum absolute atomic E-state index is 0.0672. The summed E-state index contributed by atoms with van der Waals surface area (Å²) in [6, 6.07) is 18.5.